The molecule has 1 aliphatic rings. The van der Waals surface area contributed by atoms with Gasteiger partial charge >= 0.3 is 6.03 Å². The molecule has 3 aromatic rings. The average molecular weight is 486 g/mol. The van der Waals surface area contributed by atoms with E-state index in [1.54, 1.807) is 0 Å². The van der Waals surface area contributed by atoms with E-state index >= 15 is 0 Å². The third kappa shape index (κ3) is 7.11. The molecule has 1 aliphatic heterocycles. The van der Waals surface area contributed by atoms with Crippen LogP contribution in [0.5, 0.6) is 5.75 Å². The fraction of sp³-hybridized carbons (Fsp3) is 0.387. The topological polar surface area (TPSA) is 44.8 Å². The minimum atomic E-state index is -0.0392. The molecule has 3 aromatic carbocycles. The van der Waals surface area contributed by atoms with Crippen LogP contribution in [0.3, 0.4) is 0 Å². The molecule has 0 aromatic heterocycles. The highest BCUT2D eigenvalue weighted by Gasteiger charge is 2.28. The number of hydrogen-bond donors (Lipinski definition) is 1. The predicted molar refractivity (Wildman–Crippen MR) is 147 cm³/mol. The maximum absolute atomic E-state index is 13.6. The summed E-state index contributed by atoms with van der Waals surface area (Å²) in [6.45, 7) is 10.5. The molecule has 0 radical (unpaired) electrons. The molecule has 0 unspecified atom stereocenters. The summed E-state index contributed by atoms with van der Waals surface area (Å²) in [4.78, 5) is 18.1. The van der Waals surface area contributed by atoms with Crippen molar-refractivity contribution < 1.29 is 9.53 Å². The standard InChI is InChI=1S/C31H39N3O2/c1-4-36-30-16-10-26(11-17-30)23-34(31(35)32-28-14-12-27(13-15-28)24(2)3)29-18-20-33(21-19-29)22-25-8-6-5-7-9-25/h5-17,24,29H,4,18-23H2,1-3H3,(H,32,35). The molecular formula is C31H39N3O2. The zero-order chi connectivity index (χ0) is 25.3. The van der Waals surface area contributed by atoms with E-state index in [1.165, 1.54) is 11.1 Å². The number of hydrogen-bond acceptors (Lipinski definition) is 3. The molecule has 36 heavy (non-hydrogen) atoms. The molecule has 4 rings (SSSR count). The van der Waals surface area contributed by atoms with Gasteiger partial charge in [-0.2, -0.15) is 0 Å². The Bertz CT molecular complexity index is 1070. The molecule has 1 fully saturated rings. The number of anilines is 1. The van der Waals surface area contributed by atoms with Crippen molar-refractivity contribution in [3.63, 3.8) is 0 Å². The van der Waals surface area contributed by atoms with Gasteiger partial charge in [0.25, 0.3) is 0 Å². The summed E-state index contributed by atoms with van der Waals surface area (Å²) >= 11 is 0. The minimum Gasteiger partial charge on any atom is -0.494 e. The van der Waals surface area contributed by atoms with Crippen molar-refractivity contribution in [1.82, 2.24) is 9.80 Å². The molecule has 0 bridgehead atoms. The van der Waals surface area contributed by atoms with E-state index in [1.807, 2.05) is 36.1 Å². The molecule has 2 amide bonds. The molecule has 5 heteroatoms. The SMILES string of the molecule is CCOc1ccc(CN(C(=O)Nc2ccc(C(C)C)cc2)C2CCN(Cc3ccccc3)CC2)cc1. The molecule has 0 aliphatic carbocycles. The van der Waals surface area contributed by atoms with E-state index in [4.69, 9.17) is 4.74 Å². The van der Waals surface area contributed by atoms with E-state index in [0.717, 1.165) is 49.5 Å². The quantitative estimate of drug-likeness (QED) is 0.358. The number of nitrogens with zero attached hydrogens (tertiary/aromatic N) is 2. The van der Waals surface area contributed by atoms with Gasteiger partial charge in [-0.25, -0.2) is 4.79 Å². The number of likely N-dealkylation sites (tertiary alicyclic amines) is 1. The van der Waals surface area contributed by atoms with Crippen molar-refractivity contribution in [2.24, 2.45) is 0 Å². The summed E-state index contributed by atoms with van der Waals surface area (Å²) in [7, 11) is 0. The average Bonchev–Trinajstić information content (AvgIpc) is 2.90. The highest BCUT2D eigenvalue weighted by atomic mass is 16.5. The molecular weight excluding hydrogens is 446 g/mol. The monoisotopic (exact) mass is 485 g/mol. The Morgan fingerprint density at radius 1 is 0.944 bits per heavy atom. The lowest BCUT2D eigenvalue weighted by Crippen LogP contribution is -2.48. The molecule has 1 heterocycles. The number of carbonyl (C=O) groups is 1. The number of urea groups is 1. The zero-order valence-electron chi connectivity index (χ0n) is 21.8. The number of carbonyl (C=O) groups excluding carboxylic acids is 1. The Balaban J connectivity index is 1.44. The van der Waals surface area contributed by atoms with Gasteiger partial charge in [-0.15, -0.1) is 0 Å². The predicted octanol–water partition coefficient (Wildman–Crippen LogP) is 6.91. The number of piperidine rings is 1. The van der Waals surface area contributed by atoms with Crippen LogP contribution in [0.15, 0.2) is 78.9 Å². The highest BCUT2D eigenvalue weighted by Crippen LogP contribution is 2.24. The van der Waals surface area contributed by atoms with Gasteiger partial charge < -0.3 is 15.0 Å². The van der Waals surface area contributed by atoms with Gasteiger partial charge in [-0.1, -0.05) is 68.4 Å². The second-order valence-electron chi connectivity index (χ2n) is 9.90. The summed E-state index contributed by atoms with van der Waals surface area (Å²) in [6.07, 6.45) is 1.92. The fourth-order valence-corrected chi connectivity index (χ4v) is 4.80. The van der Waals surface area contributed by atoms with Crippen LogP contribution in [0, 0.1) is 0 Å². The van der Waals surface area contributed by atoms with E-state index < -0.39 is 0 Å². The number of ether oxygens (including phenoxy) is 1. The van der Waals surface area contributed by atoms with Crippen LogP contribution in [0.1, 0.15) is 56.2 Å². The summed E-state index contributed by atoms with van der Waals surface area (Å²) in [6, 6.07) is 27.1. The van der Waals surface area contributed by atoms with Crippen molar-refractivity contribution in [2.45, 2.75) is 58.7 Å². The number of benzene rings is 3. The third-order valence-corrected chi connectivity index (χ3v) is 6.92. The van der Waals surface area contributed by atoms with Gasteiger partial charge in [0.1, 0.15) is 5.75 Å². The number of rotatable bonds is 9. The lowest BCUT2D eigenvalue weighted by atomic mass is 10.0. The highest BCUT2D eigenvalue weighted by molar-refractivity contribution is 5.89. The smallest absolute Gasteiger partial charge is 0.322 e. The second kappa shape index (κ2) is 12.6. The largest absolute Gasteiger partial charge is 0.494 e. The summed E-state index contributed by atoms with van der Waals surface area (Å²) in [5.74, 6) is 1.32. The van der Waals surface area contributed by atoms with E-state index in [9.17, 15) is 4.79 Å². The van der Waals surface area contributed by atoms with Gasteiger partial charge in [0.2, 0.25) is 0 Å². The molecule has 5 nitrogen and oxygen atoms in total. The Hall–Kier alpha value is -3.31. The van der Waals surface area contributed by atoms with Crippen molar-refractivity contribution in [3.8, 4) is 5.75 Å². The third-order valence-electron chi connectivity index (χ3n) is 6.92. The lowest BCUT2D eigenvalue weighted by molar-refractivity contribution is 0.120. The second-order valence-corrected chi connectivity index (χ2v) is 9.90. The van der Waals surface area contributed by atoms with Crippen LogP contribution in [-0.4, -0.2) is 41.6 Å². The lowest BCUT2D eigenvalue weighted by Gasteiger charge is -2.38. The maximum Gasteiger partial charge on any atom is 0.322 e. The van der Waals surface area contributed by atoms with E-state index in [0.29, 0.717) is 19.1 Å². The van der Waals surface area contributed by atoms with Gasteiger partial charge in [-0.3, -0.25) is 4.90 Å². The number of amides is 2. The van der Waals surface area contributed by atoms with Crippen LogP contribution in [0.2, 0.25) is 0 Å². The molecule has 0 atom stereocenters. The first-order valence-electron chi connectivity index (χ1n) is 13.2. The minimum absolute atomic E-state index is 0.0392. The van der Waals surface area contributed by atoms with E-state index in [2.05, 4.69) is 78.7 Å². The first-order chi connectivity index (χ1) is 17.5. The maximum atomic E-state index is 13.6. The van der Waals surface area contributed by atoms with Crippen LogP contribution >= 0.6 is 0 Å². The normalized spacial score (nSPS) is 14.6. The summed E-state index contributed by atoms with van der Waals surface area (Å²) in [5, 5.41) is 3.16. The van der Waals surface area contributed by atoms with Crippen LogP contribution < -0.4 is 10.1 Å². The molecule has 1 N–H and O–H groups in total. The van der Waals surface area contributed by atoms with Crippen molar-refractivity contribution in [3.05, 3.63) is 95.6 Å². The zero-order valence-corrected chi connectivity index (χ0v) is 21.8. The summed E-state index contributed by atoms with van der Waals surface area (Å²) in [5.41, 5.74) is 4.55. The molecule has 0 spiro atoms. The van der Waals surface area contributed by atoms with Gasteiger partial charge in [-0.05, 0) is 66.6 Å². The molecule has 1 saturated heterocycles. The Morgan fingerprint density at radius 2 is 1.61 bits per heavy atom. The van der Waals surface area contributed by atoms with Gasteiger partial charge in [0, 0.05) is 37.9 Å². The molecule has 0 saturated carbocycles. The Kier molecular flexibility index (Phi) is 9.01. The van der Waals surface area contributed by atoms with Crippen LogP contribution in [0.4, 0.5) is 10.5 Å². The Labute approximate surface area is 216 Å². The van der Waals surface area contributed by atoms with Crippen LogP contribution in [-0.2, 0) is 13.1 Å². The van der Waals surface area contributed by atoms with Gasteiger partial charge in [0.15, 0.2) is 0 Å². The van der Waals surface area contributed by atoms with Crippen molar-refractivity contribution >= 4 is 11.7 Å². The van der Waals surface area contributed by atoms with E-state index in [-0.39, 0.29) is 12.1 Å². The number of nitrogens with one attached hydrogen (secondary N) is 1. The fourth-order valence-electron chi connectivity index (χ4n) is 4.80. The van der Waals surface area contributed by atoms with Gasteiger partial charge in [0.05, 0.1) is 6.61 Å². The summed E-state index contributed by atoms with van der Waals surface area (Å²) < 4.78 is 5.60. The first kappa shape index (κ1) is 25.8. The molecule has 190 valence electrons. The van der Waals surface area contributed by atoms with Crippen molar-refractivity contribution in [2.75, 3.05) is 25.0 Å². The van der Waals surface area contributed by atoms with Crippen molar-refractivity contribution in [1.29, 1.82) is 0 Å². The Morgan fingerprint density at radius 3 is 2.22 bits per heavy atom. The first-order valence-corrected chi connectivity index (χ1v) is 13.2. The van der Waals surface area contributed by atoms with Crippen LogP contribution in [0.25, 0.3) is 0 Å².